The highest BCUT2D eigenvalue weighted by molar-refractivity contribution is 6.32. The lowest BCUT2D eigenvalue weighted by Gasteiger charge is -2.29. The fraction of sp³-hybridized carbons (Fsp3) is 0.500. The molecule has 0 fully saturated rings. The van der Waals surface area contributed by atoms with E-state index >= 15 is 0 Å². The minimum Gasteiger partial charge on any atom is -0.0840 e. The lowest BCUT2D eigenvalue weighted by Crippen LogP contribution is -2.19. The van der Waals surface area contributed by atoms with E-state index < -0.39 is 0 Å². The second-order valence-electron chi connectivity index (χ2n) is 9.54. The van der Waals surface area contributed by atoms with Gasteiger partial charge in [-0.05, 0) is 89.1 Å². The standard InChI is InChI=1S/C24H32Cl2/c1-14-12-20(26)18(15(2)21(14)23(4,5)6)13-17-10-11-19(25)16(3)22(17)24(7,8)9/h10-12H,13H2,1-9H3. The summed E-state index contributed by atoms with van der Waals surface area (Å²) >= 11 is 13.2. The summed E-state index contributed by atoms with van der Waals surface area (Å²) in [5, 5.41) is 1.70. The highest BCUT2D eigenvalue weighted by Crippen LogP contribution is 2.38. The third-order valence-corrected chi connectivity index (χ3v) is 5.95. The van der Waals surface area contributed by atoms with E-state index in [1.165, 1.54) is 38.9 Å². The highest BCUT2D eigenvalue weighted by atomic mass is 35.5. The van der Waals surface area contributed by atoms with Gasteiger partial charge < -0.3 is 0 Å². The number of aryl methyl sites for hydroxylation is 1. The molecule has 0 heterocycles. The monoisotopic (exact) mass is 390 g/mol. The largest absolute Gasteiger partial charge is 0.0840 e. The zero-order valence-electron chi connectivity index (χ0n) is 17.7. The van der Waals surface area contributed by atoms with Crippen LogP contribution in [0.3, 0.4) is 0 Å². The summed E-state index contributed by atoms with van der Waals surface area (Å²) in [5.41, 5.74) is 9.16. The van der Waals surface area contributed by atoms with Crippen LogP contribution in [-0.4, -0.2) is 0 Å². The molecule has 0 aliphatic carbocycles. The van der Waals surface area contributed by atoms with Crippen LogP contribution in [0.15, 0.2) is 18.2 Å². The molecule has 2 aromatic rings. The van der Waals surface area contributed by atoms with Crippen molar-refractivity contribution >= 4 is 23.2 Å². The maximum atomic E-state index is 6.72. The Kier molecular flexibility index (Phi) is 5.91. The molecule has 0 aromatic heterocycles. The third kappa shape index (κ3) is 4.12. The van der Waals surface area contributed by atoms with E-state index in [-0.39, 0.29) is 10.8 Å². The predicted molar refractivity (Wildman–Crippen MR) is 117 cm³/mol. The zero-order valence-corrected chi connectivity index (χ0v) is 19.2. The summed E-state index contributed by atoms with van der Waals surface area (Å²) in [6, 6.07) is 6.32. The average Bonchev–Trinajstić information content (AvgIpc) is 2.43. The van der Waals surface area contributed by atoms with Crippen molar-refractivity contribution in [1.82, 2.24) is 0 Å². The Morgan fingerprint density at radius 1 is 0.731 bits per heavy atom. The molecule has 2 rings (SSSR count). The molecule has 0 nitrogen and oxygen atoms in total. The van der Waals surface area contributed by atoms with Gasteiger partial charge in [0.15, 0.2) is 0 Å². The average molecular weight is 391 g/mol. The van der Waals surface area contributed by atoms with Gasteiger partial charge in [0.25, 0.3) is 0 Å². The quantitative estimate of drug-likeness (QED) is 0.485. The molecule has 0 unspecified atom stereocenters. The van der Waals surface area contributed by atoms with Crippen molar-refractivity contribution in [3.05, 3.63) is 67.2 Å². The van der Waals surface area contributed by atoms with E-state index in [9.17, 15) is 0 Å². The zero-order chi connectivity index (χ0) is 20.0. The van der Waals surface area contributed by atoms with Gasteiger partial charge in [-0.25, -0.2) is 0 Å². The Hall–Kier alpha value is -0.980. The van der Waals surface area contributed by atoms with E-state index in [0.29, 0.717) is 0 Å². The van der Waals surface area contributed by atoms with Gasteiger partial charge in [0.2, 0.25) is 0 Å². The summed E-state index contributed by atoms with van der Waals surface area (Å²) in [4.78, 5) is 0. The van der Waals surface area contributed by atoms with Crippen LogP contribution in [0.5, 0.6) is 0 Å². The van der Waals surface area contributed by atoms with Gasteiger partial charge in [0.05, 0.1) is 0 Å². The topological polar surface area (TPSA) is 0 Å². The summed E-state index contributed by atoms with van der Waals surface area (Å²) in [7, 11) is 0. The van der Waals surface area contributed by atoms with Crippen LogP contribution in [0, 0.1) is 20.8 Å². The van der Waals surface area contributed by atoms with Crippen LogP contribution in [0.2, 0.25) is 10.0 Å². The molecule has 26 heavy (non-hydrogen) atoms. The molecule has 0 radical (unpaired) electrons. The van der Waals surface area contributed by atoms with Crippen molar-refractivity contribution < 1.29 is 0 Å². The molecule has 0 bridgehead atoms. The summed E-state index contributed by atoms with van der Waals surface area (Å²) in [6.45, 7) is 20.1. The van der Waals surface area contributed by atoms with Crippen molar-refractivity contribution in [2.24, 2.45) is 0 Å². The van der Waals surface area contributed by atoms with Gasteiger partial charge in [0.1, 0.15) is 0 Å². The molecule has 0 aliphatic heterocycles. The van der Waals surface area contributed by atoms with Crippen molar-refractivity contribution in [1.29, 1.82) is 0 Å². The van der Waals surface area contributed by atoms with Crippen LogP contribution in [0.1, 0.15) is 80.5 Å². The Morgan fingerprint density at radius 2 is 1.27 bits per heavy atom. The van der Waals surface area contributed by atoms with Crippen molar-refractivity contribution in [2.75, 3.05) is 0 Å². The smallest absolute Gasteiger partial charge is 0.0446 e. The molecule has 0 spiro atoms. The fourth-order valence-corrected chi connectivity index (χ4v) is 5.00. The van der Waals surface area contributed by atoms with Crippen LogP contribution in [-0.2, 0) is 17.3 Å². The molecule has 0 saturated carbocycles. The van der Waals surface area contributed by atoms with Crippen molar-refractivity contribution in [2.45, 2.75) is 79.6 Å². The molecule has 2 aromatic carbocycles. The number of rotatable bonds is 2. The molecular weight excluding hydrogens is 359 g/mol. The highest BCUT2D eigenvalue weighted by Gasteiger charge is 2.25. The maximum Gasteiger partial charge on any atom is 0.0446 e. The van der Waals surface area contributed by atoms with Crippen LogP contribution in [0.25, 0.3) is 0 Å². The van der Waals surface area contributed by atoms with E-state index in [2.05, 4.69) is 74.4 Å². The molecule has 0 saturated heterocycles. The Bertz CT molecular complexity index is 831. The Morgan fingerprint density at radius 3 is 1.77 bits per heavy atom. The molecule has 0 N–H and O–H groups in total. The second-order valence-corrected chi connectivity index (χ2v) is 10.4. The molecular formula is C24H32Cl2. The first-order chi connectivity index (χ1) is 11.7. The Labute approximate surface area is 169 Å². The molecule has 142 valence electrons. The van der Waals surface area contributed by atoms with Crippen molar-refractivity contribution in [3.63, 3.8) is 0 Å². The Balaban J connectivity index is 2.70. The van der Waals surface area contributed by atoms with E-state index in [4.69, 9.17) is 23.2 Å². The third-order valence-electron chi connectivity index (χ3n) is 5.21. The van der Waals surface area contributed by atoms with Gasteiger partial charge in [0, 0.05) is 10.0 Å². The van der Waals surface area contributed by atoms with Crippen LogP contribution in [0.4, 0.5) is 0 Å². The molecule has 0 atom stereocenters. The van der Waals surface area contributed by atoms with Gasteiger partial charge in [-0.2, -0.15) is 0 Å². The second kappa shape index (κ2) is 7.21. The number of hydrogen-bond acceptors (Lipinski definition) is 0. The fourth-order valence-electron chi connectivity index (χ4n) is 4.47. The normalized spacial score (nSPS) is 12.6. The molecule has 0 amide bonds. The SMILES string of the molecule is Cc1cc(Cl)c(Cc2ccc(Cl)c(C)c2C(C)(C)C)c(C)c1C(C)(C)C. The first-order valence-electron chi connectivity index (χ1n) is 9.32. The summed E-state index contributed by atoms with van der Waals surface area (Å²) in [5.74, 6) is 0. The lowest BCUT2D eigenvalue weighted by molar-refractivity contribution is 0.576. The lowest BCUT2D eigenvalue weighted by atomic mass is 9.76. The van der Waals surface area contributed by atoms with E-state index in [1.807, 2.05) is 6.07 Å². The van der Waals surface area contributed by atoms with Crippen LogP contribution >= 0.6 is 23.2 Å². The van der Waals surface area contributed by atoms with E-state index in [0.717, 1.165) is 16.5 Å². The molecule has 2 heteroatoms. The van der Waals surface area contributed by atoms with Gasteiger partial charge in [-0.1, -0.05) is 70.8 Å². The van der Waals surface area contributed by atoms with E-state index in [1.54, 1.807) is 0 Å². The minimum absolute atomic E-state index is 0.0300. The first kappa shape index (κ1) is 21.3. The minimum atomic E-state index is 0.0300. The van der Waals surface area contributed by atoms with Gasteiger partial charge in [-0.15, -0.1) is 0 Å². The van der Waals surface area contributed by atoms with Crippen LogP contribution < -0.4 is 0 Å². The van der Waals surface area contributed by atoms with Crippen molar-refractivity contribution in [3.8, 4) is 0 Å². The number of benzene rings is 2. The number of halogens is 2. The van der Waals surface area contributed by atoms with Gasteiger partial charge in [-0.3, -0.25) is 0 Å². The summed E-state index contributed by atoms with van der Waals surface area (Å²) in [6.07, 6.45) is 0.832. The molecule has 0 aliphatic rings. The maximum absolute atomic E-state index is 6.72. The van der Waals surface area contributed by atoms with Gasteiger partial charge >= 0.3 is 0 Å². The first-order valence-corrected chi connectivity index (χ1v) is 10.1. The predicted octanol–water partition coefficient (Wildman–Crippen LogP) is 8.10. The number of hydrogen-bond donors (Lipinski definition) is 0. The summed E-state index contributed by atoms with van der Waals surface area (Å²) < 4.78 is 0.